The van der Waals surface area contributed by atoms with Gasteiger partial charge in [-0.2, -0.15) is 0 Å². The van der Waals surface area contributed by atoms with E-state index >= 15 is 0 Å². The second-order valence-corrected chi connectivity index (χ2v) is 8.03. The minimum Gasteiger partial charge on any atom is -0.480 e. The third-order valence-corrected chi connectivity index (χ3v) is 5.89. The molecule has 1 saturated heterocycles. The number of rotatable bonds is 4. The number of carbonyl (C=O) groups excluding carboxylic acids is 1. The minimum absolute atomic E-state index is 0.106. The molecule has 1 aliphatic heterocycles. The van der Waals surface area contributed by atoms with E-state index in [4.69, 9.17) is 5.73 Å². The van der Waals surface area contributed by atoms with Gasteiger partial charge in [-0.3, -0.25) is 4.79 Å². The highest BCUT2D eigenvalue weighted by Gasteiger charge is 2.50. The van der Waals surface area contributed by atoms with Gasteiger partial charge in [0.05, 0.1) is 10.8 Å². The lowest BCUT2D eigenvalue weighted by Gasteiger charge is -2.42. The Morgan fingerprint density at radius 3 is 2.15 bits per heavy atom. The zero-order valence-corrected chi connectivity index (χ0v) is 14.0. The van der Waals surface area contributed by atoms with Crippen molar-refractivity contribution in [3.8, 4) is 0 Å². The molecular weight excluding hydrogens is 276 g/mol. The highest BCUT2D eigenvalue weighted by atomic mass is 32.2. The fourth-order valence-corrected chi connectivity index (χ4v) is 3.56. The quantitative estimate of drug-likeness (QED) is 0.826. The van der Waals surface area contributed by atoms with Gasteiger partial charge in [0.25, 0.3) is 0 Å². The van der Waals surface area contributed by atoms with Crippen LogP contribution in [-0.4, -0.2) is 44.6 Å². The SMILES string of the molecule is CC(C)C1SCC(C(=O)O)N1C(=O)C(C)(C)C(C)(C)N. The van der Waals surface area contributed by atoms with E-state index in [1.54, 1.807) is 27.7 Å². The Morgan fingerprint density at radius 1 is 1.30 bits per heavy atom. The average molecular weight is 302 g/mol. The predicted molar refractivity (Wildman–Crippen MR) is 81.4 cm³/mol. The summed E-state index contributed by atoms with van der Waals surface area (Å²) in [7, 11) is 0. The average Bonchev–Trinajstić information content (AvgIpc) is 2.70. The van der Waals surface area contributed by atoms with Crippen LogP contribution in [0.1, 0.15) is 41.5 Å². The van der Waals surface area contributed by atoms with Crippen LogP contribution in [0.25, 0.3) is 0 Å². The van der Waals surface area contributed by atoms with Gasteiger partial charge in [0.2, 0.25) is 5.91 Å². The normalized spacial score (nSPS) is 24.3. The fourth-order valence-electron chi connectivity index (χ4n) is 2.09. The molecule has 1 aliphatic rings. The van der Waals surface area contributed by atoms with Crippen molar-refractivity contribution in [3.05, 3.63) is 0 Å². The van der Waals surface area contributed by atoms with Crippen LogP contribution in [-0.2, 0) is 9.59 Å². The summed E-state index contributed by atoms with van der Waals surface area (Å²) < 4.78 is 0. The molecule has 2 unspecified atom stereocenters. The molecule has 3 N–H and O–H groups in total. The maximum Gasteiger partial charge on any atom is 0.327 e. The van der Waals surface area contributed by atoms with Gasteiger partial charge in [0.1, 0.15) is 6.04 Å². The number of nitrogens with zero attached hydrogens (tertiary/aromatic N) is 1. The molecule has 1 amide bonds. The van der Waals surface area contributed by atoms with Crippen molar-refractivity contribution in [3.63, 3.8) is 0 Å². The van der Waals surface area contributed by atoms with E-state index < -0.39 is 23.0 Å². The van der Waals surface area contributed by atoms with Crippen molar-refractivity contribution in [2.45, 2.75) is 58.5 Å². The molecule has 2 atom stereocenters. The molecule has 1 rings (SSSR count). The molecular formula is C14H26N2O3S. The van der Waals surface area contributed by atoms with Gasteiger partial charge >= 0.3 is 5.97 Å². The smallest absolute Gasteiger partial charge is 0.327 e. The summed E-state index contributed by atoms with van der Waals surface area (Å²) in [4.78, 5) is 25.9. The van der Waals surface area contributed by atoms with Gasteiger partial charge < -0.3 is 15.7 Å². The van der Waals surface area contributed by atoms with Gasteiger partial charge in [-0.25, -0.2) is 4.79 Å². The molecule has 20 heavy (non-hydrogen) atoms. The summed E-state index contributed by atoms with van der Waals surface area (Å²) in [6.07, 6.45) is 0. The van der Waals surface area contributed by atoms with Crippen LogP contribution in [0.3, 0.4) is 0 Å². The molecule has 0 aromatic rings. The Labute approximate surface area is 125 Å². The first kappa shape index (κ1) is 17.3. The van der Waals surface area contributed by atoms with Crippen LogP contribution in [0.5, 0.6) is 0 Å². The van der Waals surface area contributed by atoms with Crippen LogP contribution in [0, 0.1) is 11.3 Å². The van der Waals surface area contributed by atoms with Crippen molar-refractivity contribution in [2.24, 2.45) is 17.1 Å². The van der Waals surface area contributed by atoms with Crippen molar-refractivity contribution < 1.29 is 14.7 Å². The molecule has 6 heteroatoms. The minimum atomic E-state index is -0.945. The van der Waals surface area contributed by atoms with Gasteiger partial charge in [0, 0.05) is 11.3 Å². The highest BCUT2D eigenvalue weighted by Crippen LogP contribution is 2.40. The third-order valence-electron chi connectivity index (χ3n) is 4.27. The number of carbonyl (C=O) groups is 2. The van der Waals surface area contributed by atoms with Crippen molar-refractivity contribution in [1.29, 1.82) is 0 Å². The molecule has 0 spiro atoms. The van der Waals surface area contributed by atoms with E-state index in [-0.39, 0.29) is 17.2 Å². The van der Waals surface area contributed by atoms with Gasteiger partial charge in [-0.05, 0) is 33.6 Å². The summed E-state index contributed by atoms with van der Waals surface area (Å²) in [6.45, 7) is 11.2. The second kappa shape index (κ2) is 5.56. The lowest BCUT2D eigenvalue weighted by atomic mass is 9.74. The first-order chi connectivity index (χ1) is 8.91. The number of carboxylic acids is 1. The van der Waals surface area contributed by atoms with Crippen molar-refractivity contribution in [2.75, 3.05) is 5.75 Å². The monoisotopic (exact) mass is 302 g/mol. The van der Waals surface area contributed by atoms with Crippen molar-refractivity contribution in [1.82, 2.24) is 4.90 Å². The number of amides is 1. The molecule has 0 radical (unpaired) electrons. The van der Waals surface area contributed by atoms with Crippen molar-refractivity contribution >= 4 is 23.6 Å². The van der Waals surface area contributed by atoms with Crippen LogP contribution in [0.15, 0.2) is 0 Å². The molecule has 1 fully saturated rings. The highest BCUT2D eigenvalue weighted by molar-refractivity contribution is 8.00. The number of thioether (sulfide) groups is 1. The number of nitrogens with two attached hydrogens (primary N) is 1. The Morgan fingerprint density at radius 2 is 1.80 bits per heavy atom. The lowest BCUT2D eigenvalue weighted by molar-refractivity contribution is -0.156. The zero-order valence-electron chi connectivity index (χ0n) is 13.1. The summed E-state index contributed by atoms with van der Waals surface area (Å²) in [5.74, 6) is -0.490. The van der Waals surface area contributed by atoms with Crippen LogP contribution < -0.4 is 5.73 Å². The van der Waals surface area contributed by atoms with Crippen LogP contribution in [0.4, 0.5) is 0 Å². The third kappa shape index (κ3) is 2.96. The van der Waals surface area contributed by atoms with Gasteiger partial charge in [0.15, 0.2) is 0 Å². The summed E-state index contributed by atoms with van der Waals surface area (Å²) in [6, 6.07) is -0.762. The summed E-state index contributed by atoms with van der Waals surface area (Å²) in [5, 5.41) is 9.26. The van der Waals surface area contributed by atoms with E-state index in [0.717, 1.165) is 0 Å². The molecule has 5 nitrogen and oxygen atoms in total. The topological polar surface area (TPSA) is 83.6 Å². The number of aliphatic carboxylic acids is 1. The predicted octanol–water partition coefficient (Wildman–Crippen LogP) is 1.76. The van der Waals surface area contributed by atoms with Gasteiger partial charge in [-0.1, -0.05) is 13.8 Å². The first-order valence-electron chi connectivity index (χ1n) is 6.87. The van der Waals surface area contributed by atoms with Crippen LogP contribution >= 0.6 is 11.8 Å². The van der Waals surface area contributed by atoms with E-state index in [0.29, 0.717) is 5.75 Å². The standard InChI is InChI=1S/C14H26N2O3S/c1-8(2)10-16(9(7-20-10)11(17)18)12(19)13(3,4)14(5,6)15/h8-10H,7,15H2,1-6H3,(H,17,18). The van der Waals surface area contributed by atoms with Gasteiger partial charge in [-0.15, -0.1) is 11.8 Å². The summed E-state index contributed by atoms with van der Waals surface area (Å²) in [5.41, 5.74) is 4.58. The number of hydrogen-bond acceptors (Lipinski definition) is 4. The van der Waals surface area contributed by atoms with E-state index in [2.05, 4.69) is 0 Å². The molecule has 0 saturated carbocycles. The Hall–Kier alpha value is -0.750. The Balaban J connectivity index is 3.16. The van der Waals surface area contributed by atoms with E-state index in [1.807, 2.05) is 13.8 Å². The molecule has 1 heterocycles. The Bertz CT molecular complexity index is 402. The fraction of sp³-hybridized carbons (Fsp3) is 0.857. The maximum atomic E-state index is 12.9. The Kier molecular flexibility index (Phi) is 4.81. The first-order valence-corrected chi connectivity index (χ1v) is 7.92. The van der Waals surface area contributed by atoms with E-state index in [1.165, 1.54) is 16.7 Å². The summed E-state index contributed by atoms with van der Waals surface area (Å²) >= 11 is 1.53. The molecule has 0 aliphatic carbocycles. The largest absolute Gasteiger partial charge is 0.480 e. The molecule has 0 bridgehead atoms. The molecule has 116 valence electrons. The maximum absolute atomic E-state index is 12.9. The zero-order chi connectivity index (χ0) is 15.9. The van der Waals surface area contributed by atoms with E-state index in [9.17, 15) is 14.7 Å². The number of carboxylic acid groups (broad SMARTS) is 1. The number of hydrogen-bond donors (Lipinski definition) is 2. The second-order valence-electron chi connectivity index (χ2n) is 6.88. The van der Waals surface area contributed by atoms with Crippen LogP contribution in [0.2, 0.25) is 0 Å². The molecule has 0 aromatic carbocycles. The lowest BCUT2D eigenvalue weighted by Crippen LogP contribution is -2.60. The molecule has 0 aromatic heterocycles.